The van der Waals surface area contributed by atoms with E-state index in [0.29, 0.717) is 37.4 Å². The number of nitrogens with zero attached hydrogens (tertiary/aromatic N) is 4. The van der Waals surface area contributed by atoms with Gasteiger partial charge < -0.3 is 25.8 Å². The highest BCUT2D eigenvalue weighted by molar-refractivity contribution is 6.01. The second-order valence-corrected chi connectivity index (χ2v) is 14.6. The van der Waals surface area contributed by atoms with Gasteiger partial charge in [-0.2, -0.15) is 18.3 Å². The number of amides is 4. The molecule has 1 aromatic heterocycles. The number of aromatic nitrogens is 2. The van der Waals surface area contributed by atoms with Gasteiger partial charge >= 0.3 is 6.18 Å². The molecule has 51 heavy (non-hydrogen) atoms. The number of piperazine rings is 1. The largest absolute Gasteiger partial charge is 0.389 e. The Morgan fingerprint density at radius 3 is 2.20 bits per heavy atom. The highest BCUT2D eigenvalue weighted by atomic mass is 19.4. The zero-order valence-corrected chi connectivity index (χ0v) is 29.8. The molecule has 3 fully saturated rings. The van der Waals surface area contributed by atoms with Crippen molar-refractivity contribution in [2.24, 2.45) is 23.7 Å². The van der Waals surface area contributed by atoms with Crippen LogP contribution in [0.15, 0.2) is 30.5 Å². The molecule has 280 valence electrons. The average molecular weight is 720 g/mol. The molecule has 0 radical (unpaired) electrons. The highest BCUT2D eigenvalue weighted by Gasteiger charge is 2.48. The van der Waals surface area contributed by atoms with Gasteiger partial charge in [0.15, 0.2) is 0 Å². The first-order valence-corrected chi connectivity index (χ1v) is 17.9. The molecule has 5 atom stereocenters. The van der Waals surface area contributed by atoms with Crippen LogP contribution in [0.5, 0.6) is 0 Å². The van der Waals surface area contributed by atoms with Crippen molar-refractivity contribution in [2.45, 2.75) is 96.6 Å². The Balaban J connectivity index is 1.35. The van der Waals surface area contributed by atoms with Crippen LogP contribution in [-0.4, -0.2) is 94.2 Å². The van der Waals surface area contributed by atoms with Crippen LogP contribution in [0.1, 0.15) is 81.8 Å². The topological polar surface area (TPSA) is 129 Å². The molecule has 3 N–H and O–H groups in total. The summed E-state index contributed by atoms with van der Waals surface area (Å²) in [5.74, 6) is -5.00. The molecule has 2 aromatic rings. The zero-order valence-electron chi connectivity index (χ0n) is 29.8. The van der Waals surface area contributed by atoms with Crippen molar-refractivity contribution >= 4 is 29.3 Å². The summed E-state index contributed by atoms with van der Waals surface area (Å²) in [5.41, 5.74) is 0.499. The average Bonchev–Trinajstić information content (AvgIpc) is 4.02. The fraction of sp³-hybridized carbons (Fsp3) is 0.639. The Labute approximate surface area is 295 Å². The molecule has 1 aliphatic heterocycles. The molecule has 5 rings (SSSR count). The monoisotopic (exact) mass is 719 g/mol. The van der Waals surface area contributed by atoms with Crippen molar-refractivity contribution in [2.75, 3.05) is 32.0 Å². The molecule has 0 unspecified atom stereocenters. The molecular formula is C36H49F4N7O4. The summed E-state index contributed by atoms with van der Waals surface area (Å²) >= 11 is 0. The lowest BCUT2D eigenvalue weighted by molar-refractivity contribution is -0.154. The third kappa shape index (κ3) is 9.46. The van der Waals surface area contributed by atoms with Crippen molar-refractivity contribution in [3.63, 3.8) is 0 Å². The molecule has 0 spiro atoms. The summed E-state index contributed by atoms with van der Waals surface area (Å²) < 4.78 is 56.7. The minimum atomic E-state index is -4.57. The van der Waals surface area contributed by atoms with E-state index in [4.69, 9.17) is 0 Å². The van der Waals surface area contributed by atoms with E-state index in [1.165, 1.54) is 23.0 Å². The molecular weight excluding hydrogens is 670 g/mol. The van der Waals surface area contributed by atoms with Crippen LogP contribution in [0.2, 0.25) is 0 Å². The molecule has 1 aromatic carbocycles. The number of nitrogens with one attached hydrogen (secondary N) is 3. The Hall–Kier alpha value is -4.01. The third-order valence-electron chi connectivity index (χ3n) is 10.6. The van der Waals surface area contributed by atoms with E-state index in [-0.39, 0.29) is 29.5 Å². The Kier molecular flexibility index (Phi) is 11.8. The van der Waals surface area contributed by atoms with E-state index < -0.39 is 66.0 Å². The van der Waals surface area contributed by atoms with Gasteiger partial charge in [0.25, 0.3) is 5.91 Å². The number of carbonyl (C=O) groups excluding carboxylic acids is 4. The van der Waals surface area contributed by atoms with Gasteiger partial charge in [0, 0.05) is 50.3 Å². The molecule has 2 aliphatic carbocycles. The predicted molar refractivity (Wildman–Crippen MR) is 182 cm³/mol. The maximum absolute atomic E-state index is 15.8. The van der Waals surface area contributed by atoms with Crippen molar-refractivity contribution < 1.29 is 36.7 Å². The number of aryl methyl sites for hydroxylation is 1. The van der Waals surface area contributed by atoms with Crippen molar-refractivity contribution in [1.29, 1.82) is 0 Å². The summed E-state index contributed by atoms with van der Waals surface area (Å²) in [6.45, 7) is 8.30. The van der Waals surface area contributed by atoms with Crippen molar-refractivity contribution in [3.05, 3.63) is 47.5 Å². The van der Waals surface area contributed by atoms with Crippen LogP contribution in [-0.2, 0) is 20.9 Å². The SMILES string of the molecule is CCn1nccc1C(=O)N[C@H](C(=O)Nc1ccc([C@H](C)[C@@H](NC(=O)[C@@H](C)CC(F)(F)F)C(=O)N2CCN(C)[C@H](C)C2)cc1F)C(C1CC1)C1CC1. The van der Waals surface area contributed by atoms with Gasteiger partial charge in [-0.3, -0.25) is 23.9 Å². The Morgan fingerprint density at radius 2 is 1.63 bits per heavy atom. The Morgan fingerprint density at radius 1 is 0.961 bits per heavy atom. The summed E-state index contributed by atoms with van der Waals surface area (Å²) in [7, 11) is 1.92. The maximum atomic E-state index is 15.8. The van der Waals surface area contributed by atoms with E-state index >= 15 is 4.39 Å². The molecule has 3 aliphatic rings. The number of benzene rings is 1. The van der Waals surface area contributed by atoms with Gasteiger partial charge in [0.05, 0.1) is 12.1 Å². The van der Waals surface area contributed by atoms with Crippen LogP contribution < -0.4 is 16.0 Å². The summed E-state index contributed by atoms with van der Waals surface area (Å²) in [6, 6.07) is 3.47. The smallest absolute Gasteiger partial charge is 0.343 e. The molecule has 2 heterocycles. The highest BCUT2D eigenvalue weighted by Crippen LogP contribution is 2.51. The van der Waals surface area contributed by atoms with E-state index in [0.717, 1.165) is 38.7 Å². The number of alkyl halides is 3. The lowest BCUT2D eigenvalue weighted by atomic mass is 9.88. The van der Waals surface area contributed by atoms with Crippen molar-refractivity contribution in [3.8, 4) is 0 Å². The second kappa shape index (κ2) is 15.7. The van der Waals surface area contributed by atoms with Crippen LogP contribution in [0.25, 0.3) is 0 Å². The van der Waals surface area contributed by atoms with Crippen LogP contribution >= 0.6 is 0 Å². The standard InChI is InChI=1S/C36H49F4N7O4/c1-6-47-28(13-14-41-47)33(49)44-31(29(23-7-8-23)24-9-10-24)34(50)42-27-12-11-25(17-26(27)37)22(4)30(43-32(48)20(2)18-36(38,39)40)35(51)46-16-15-45(5)21(3)19-46/h11-14,17,20-24,29-31H,6-10,15-16,18-19H2,1-5H3,(H,42,50)(H,43,48)(H,44,49)/t20-,21+,22-,30+,31-/m0/s1. The number of likely N-dealkylation sites (N-methyl/N-ethyl adjacent to an activating group) is 1. The Bertz CT molecular complexity index is 1580. The van der Waals surface area contributed by atoms with Gasteiger partial charge in [0.2, 0.25) is 17.7 Å². The van der Waals surface area contributed by atoms with Gasteiger partial charge in [-0.15, -0.1) is 0 Å². The van der Waals surface area contributed by atoms with Crippen LogP contribution in [0.3, 0.4) is 0 Å². The quantitative estimate of drug-likeness (QED) is 0.246. The third-order valence-corrected chi connectivity index (χ3v) is 10.6. The normalized spacial score (nSPS) is 20.7. The maximum Gasteiger partial charge on any atom is 0.389 e. The predicted octanol–water partition coefficient (Wildman–Crippen LogP) is 4.55. The zero-order chi connectivity index (χ0) is 37.2. The first-order valence-electron chi connectivity index (χ1n) is 17.9. The van der Waals surface area contributed by atoms with Gasteiger partial charge in [-0.25, -0.2) is 4.39 Å². The van der Waals surface area contributed by atoms with E-state index in [1.807, 2.05) is 20.9 Å². The molecule has 4 amide bonds. The molecule has 0 bridgehead atoms. The van der Waals surface area contributed by atoms with Crippen LogP contribution in [0, 0.1) is 29.5 Å². The number of hydrogen-bond acceptors (Lipinski definition) is 6. The number of rotatable bonds is 14. The van der Waals surface area contributed by atoms with Crippen molar-refractivity contribution in [1.82, 2.24) is 30.2 Å². The molecule has 2 saturated carbocycles. The number of carbonyl (C=O) groups is 4. The van der Waals surface area contributed by atoms with E-state index in [9.17, 15) is 32.3 Å². The number of hydrogen-bond donors (Lipinski definition) is 3. The minimum absolute atomic E-state index is 0.0145. The van der Waals surface area contributed by atoms with E-state index in [2.05, 4.69) is 25.9 Å². The first-order chi connectivity index (χ1) is 24.1. The van der Waals surface area contributed by atoms with Gasteiger partial charge in [-0.05, 0) is 88.1 Å². The lowest BCUT2D eigenvalue weighted by Gasteiger charge is -2.40. The summed E-state index contributed by atoms with van der Waals surface area (Å²) in [5, 5.41) is 12.3. The van der Waals surface area contributed by atoms with Crippen LogP contribution in [0.4, 0.5) is 23.2 Å². The van der Waals surface area contributed by atoms with Gasteiger partial charge in [0.1, 0.15) is 23.6 Å². The number of anilines is 1. The molecule has 1 saturated heterocycles. The van der Waals surface area contributed by atoms with Gasteiger partial charge in [-0.1, -0.05) is 19.9 Å². The summed E-state index contributed by atoms with van der Waals surface area (Å²) in [4.78, 5) is 57.7. The number of halogens is 4. The first kappa shape index (κ1) is 38.2. The fourth-order valence-electron chi connectivity index (χ4n) is 7.12. The fourth-order valence-corrected chi connectivity index (χ4v) is 7.12. The molecule has 15 heteroatoms. The minimum Gasteiger partial charge on any atom is -0.343 e. The second-order valence-electron chi connectivity index (χ2n) is 14.6. The lowest BCUT2D eigenvalue weighted by Crippen LogP contribution is -2.58. The van der Waals surface area contributed by atoms with E-state index in [1.54, 1.807) is 17.9 Å². The molecule has 11 nitrogen and oxygen atoms in total. The summed E-state index contributed by atoms with van der Waals surface area (Å²) in [6.07, 6.45) is -0.604.